The summed E-state index contributed by atoms with van der Waals surface area (Å²) in [5.74, 6) is 0.490. The normalized spacial score (nSPS) is 10.3. The standard InChI is InChI=1S/C19H19N5O2/c1-12-7-13(2)9-16(8-12)22-19-23-17(11-20-24-19)21-15-6-4-5-14(10-15)18(25)26-3/h4-11H,1-3H3,(H2,21,22,23,24). The Morgan fingerprint density at radius 1 is 1.00 bits per heavy atom. The van der Waals surface area contributed by atoms with Gasteiger partial charge in [0.2, 0.25) is 5.95 Å². The number of aromatic nitrogens is 3. The number of nitrogens with one attached hydrogen (secondary N) is 2. The van der Waals surface area contributed by atoms with Crippen molar-refractivity contribution in [2.24, 2.45) is 0 Å². The van der Waals surface area contributed by atoms with Crippen LogP contribution in [0.1, 0.15) is 21.5 Å². The van der Waals surface area contributed by atoms with E-state index >= 15 is 0 Å². The zero-order valence-electron chi connectivity index (χ0n) is 14.8. The van der Waals surface area contributed by atoms with E-state index in [0.717, 1.165) is 16.8 Å². The van der Waals surface area contributed by atoms with Gasteiger partial charge in [-0.1, -0.05) is 12.1 Å². The molecule has 0 saturated carbocycles. The molecule has 7 nitrogen and oxygen atoms in total. The molecule has 26 heavy (non-hydrogen) atoms. The maximum Gasteiger partial charge on any atom is 0.337 e. The van der Waals surface area contributed by atoms with E-state index in [9.17, 15) is 4.79 Å². The molecule has 0 aliphatic rings. The molecule has 0 fully saturated rings. The molecular weight excluding hydrogens is 330 g/mol. The highest BCUT2D eigenvalue weighted by atomic mass is 16.5. The third-order valence-electron chi connectivity index (χ3n) is 3.59. The zero-order chi connectivity index (χ0) is 18.5. The number of nitrogens with zero attached hydrogens (tertiary/aromatic N) is 3. The van der Waals surface area contributed by atoms with Crippen molar-refractivity contribution in [1.29, 1.82) is 0 Å². The molecule has 132 valence electrons. The fourth-order valence-corrected chi connectivity index (χ4v) is 2.58. The Kier molecular flexibility index (Phi) is 5.07. The van der Waals surface area contributed by atoms with E-state index in [1.165, 1.54) is 13.3 Å². The highest BCUT2D eigenvalue weighted by molar-refractivity contribution is 5.90. The third kappa shape index (κ3) is 4.32. The van der Waals surface area contributed by atoms with Crippen molar-refractivity contribution >= 4 is 29.1 Å². The Labute approximate surface area is 151 Å². The monoisotopic (exact) mass is 349 g/mol. The summed E-state index contributed by atoms with van der Waals surface area (Å²) in [5, 5.41) is 14.2. The van der Waals surface area contributed by atoms with Crippen LogP contribution in [0.4, 0.5) is 23.1 Å². The molecular formula is C19H19N5O2. The highest BCUT2D eigenvalue weighted by Crippen LogP contribution is 2.19. The highest BCUT2D eigenvalue weighted by Gasteiger charge is 2.07. The topological polar surface area (TPSA) is 89.0 Å². The van der Waals surface area contributed by atoms with E-state index < -0.39 is 5.97 Å². The van der Waals surface area contributed by atoms with Crippen molar-refractivity contribution in [3.63, 3.8) is 0 Å². The van der Waals surface area contributed by atoms with Crippen molar-refractivity contribution in [3.8, 4) is 0 Å². The van der Waals surface area contributed by atoms with Crippen molar-refractivity contribution in [1.82, 2.24) is 15.2 Å². The van der Waals surface area contributed by atoms with Gasteiger partial charge in [0.25, 0.3) is 0 Å². The summed E-state index contributed by atoms with van der Waals surface area (Å²) in [5.41, 5.74) is 4.34. The summed E-state index contributed by atoms with van der Waals surface area (Å²) in [6.45, 7) is 4.06. The minimum Gasteiger partial charge on any atom is -0.465 e. The van der Waals surface area contributed by atoms with Gasteiger partial charge in [-0.3, -0.25) is 0 Å². The number of carbonyl (C=O) groups excluding carboxylic acids is 1. The Morgan fingerprint density at radius 2 is 1.77 bits per heavy atom. The van der Waals surface area contributed by atoms with Crippen LogP contribution in [0.5, 0.6) is 0 Å². The van der Waals surface area contributed by atoms with Crippen LogP contribution in [-0.2, 0) is 4.74 Å². The molecule has 0 atom stereocenters. The van der Waals surface area contributed by atoms with Gasteiger partial charge >= 0.3 is 5.97 Å². The first kappa shape index (κ1) is 17.3. The second-order valence-electron chi connectivity index (χ2n) is 5.86. The van der Waals surface area contributed by atoms with Gasteiger partial charge in [0.15, 0.2) is 5.82 Å². The lowest BCUT2D eigenvalue weighted by Crippen LogP contribution is -2.04. The lowest BCUT2D eigenvalue weighted by atomic mass is 10.1. The first-order valence-corrected chi connectivity index (χ1v) is 8.04. The summed E-state index contributed by atoms with van der Waals surface area (Å²) < 4.78 is 4.73. The van der Waals surface area contributed by atoms with Crippen LogP contribution in [-0.4, -0.2) is 28.3 Å². The quantitative estimate of drug-likeness (QED) is 0.678. The molecule has 2 N–H and O–H groups in total. The maximum absolute atomic E-state index is 11.6. The molecule has 1 heterocycles. The Hall–Kier alpha value is -3.48. The van der Waals surface area contributed by atoms with E-state index in [4.69, 9.17) is 4.74 Å². The summed E-state index contributed by atoms with van der Waals surface area (Å²) in [7, 11) is 1.35. The van der Waals surface area contributed by atoms with E-state index in [2.05, 4.69) is 31.9 Å². The smallest absolute Gasteiger partial charge is 0.337 e. The summed E-state index contributed by atoms with van der Waals surface area (Å²) in [6, 6.07) is 13.1. The van der Waals surface area contributed by atoms with E-state index in [0.29, 0.717) is 23.0 Å². The number of anilines is 4. The van der Waals surface area contributed by atoms with Crippen LogP contribution in [0.25, 0.3) is 0 Å². The van der Waals surface area contributed by atoms with Crippen LogP contribution >= 0.6 is 0 Å². The lowest BCUT2D eigenvalue weighted by molar-refractivity contribution is 0.0601. The SMILES string of the molecule is COC(=O)c1cccc(Nc2cnnc(Nc3cc(C)cc(C)c3)n2)c1. The van der Waals surface area contributed by atoms with Crippen molar-refractivity contribution in [3.05, 3.63) is 65.4 Å². The predicted octanol–water partition coefficient (Wildman–Crippen LogP) is 3.76. The fraction of sp³-hybridized carbons (Fsp3) is 0.158. The average Bonchev–Trinajstić information content (AvgIpc) is 2.60. The van der Waals surface area contributed by atoms with Crippen molar-refractivity contribution in [2.45, 2.75) is 13.8 Å². The van der Waals surface area contributed by atoms with Gasteiger partial charge in [-0.05, 0) is 55.3 Å². The van der Waals surface area contributed by atoms with Crippen molar-refractivity contribution < 1.29 is 9.53 Å². The molecule has 0 unspecified atom stereocenters. The van der Waals surface area contributed by atoms with Crippen LogP contribution in [0, 0.1) is 13.8 Å². The van der Waals surface area contributed by atoms with E-state index in [1.807, 2.05) is 32.0 Å². The summed E-state index contributed by atoms with van der Waals surface area (Å²) in [6.07, 6.45) is 1.51. The van der Waals surface area contributed by atoms with Gasteiger partial charge < -0.3 is 15.4 Å². The van der Waals surface area contributed by atoms with Crippen molar-refractivity contribution in [2.75, 3.05) is 17.7 Å². The van der Waals surface area contributed by atoms with Crippen LogP contribution < -0.4 is 10.6 Å². The predicted molar refractivity (Wildman–Crippen MR) is 100 cm³/mol. The molecule has 3 rings (SSSR count). The lowest BCUT2D eigenvalue weighted by Gasteiger charge is -2.09. The number of methoxy groups -OCH3 is 1. The molecule has 0 bridgehead atoms. The largest absolute Gasteiger partial charge is 0.465 e. The van der Waals surface area contributed by atoms with Gasteiger partial charge in [-0.2, -0.15) is 10.1 Å². The number of carbonyl (C=O) groups is 1. The summed E-state index contributed by atoms with van der Waals surface area (Å²) >= 11 is 0. The Bertz CT molecular complexity index is 922. The first-order chi connectivity index (χ1) is 12.5. The van der Waals surface area contributed by atoms with Gasteiger partial charge in [0, 0.05) is 11.4 Å². The molecule has 0 aliphatic carbocycles. The molecule has 0 saturated heterocycles. The number of esters is 1. The molecule has 0 aliphatic heterocycles. The van der Waals surface area contributed by atoms with Crippen LogP contribution in [0.3, 0.4) is 0 Å². The number of hydrogen-bond acceptors (Lipinski definition) is 7. The van der Waals surface area contributed by atoms with Gasteiger partial charge in [0.1, 0.15) is 0 Å². The second kappa shape index (κ2) is 7.60. The third-order valence-corrected chi connectivity index (χ3v) is 3.59. The minimum absolute atomic E-state index is 0.379. The number of hydrogen-bond donors (Lipinski definition) is 2. The number of benzene rings is 2. The van der Waals surface area contributed by atoms with Gasteiger partial charge in [-0.15, -0.1) is 5.10 Å². The molecule has 2 aromatic carbocycles. The molecule has 0 spiro atoms. The molecule has 1 aromatic heterocycles. The van der Waals surface area contributed by atoms with Gasteiger partial charge in [0.05, 0.1) is 18.9 Å². The molecule has 3 aromatic rings. The second-order valence-corrected chi connectivity index (χ2v) is 5.86. The summed E-state index contributed by atoms with van der Waals surface area (Å²) in [4.78, 5) is 16.0. The van der Waals surface area contributed by atoms with Crippen LogP contribution in [0.15, 0.2) is 48.7 Å². The molecule has 7 heteroatoms. The molecule has 0 radical (unpaired) electrons. The van der Waals surface area contributed by atoms with E-state index in [-0.39, 0.29) is 0 Å². The zero-order valence-corrected chi connectivity index (χ0v) is 14.8. The number of aryl methyl sites for hydroxylation is 2. The van der Waals surface area contributed by atoms with Crippen LogP contribution in [0.2, 0.25) is 0 Å². The first-order valence-electron chi connectivity index (χ1n) is 8.04. The Morgan fingerprint density at radius 3 is 2.50 bits per heavy atom. The number of rotatable bonds is 5. The van der Waals surface area contributed by atoms with Gasteiger partial charge in [-0.25, -0.2) is 4.79 Å². The average molecular weight is 349 g/mol. The maximum atomic E-state index is 11.6. The number of ether oxygens (including phenoxy) is 1. The van der Waals surface area contributed by atoms with E-state index in [1.54, 1.807) is 18.2 Å². The minimum atomic E-state index is -0.397. The Balaban J connectivity index is 1.78. The fourth-order valence-electron chi connectivity index (χ4n) is 2.58. The molecule has 0 amide bonds.